The minimum atomic E-state index is -0.525. The van der Waals surface area contributed by atoms with Crippen LogP contribution < -0.4 is 10.1 Å². The Balaban J connectivity index is 1.76. The molecule has 0 radical (unpaired) electrons. The SMILES string of the molecule is CSC(Oc1cc(C)c2ncc(C)cc2c1)C(=O)NCC1CC1. The lowest BCUT2D eigenvalue weighted by Gasteiger charge is -2.17. The molecule has 0 bridgehead atoms. The second-order valence-corrected chi connectivity index (χ2v) is 7.10. The summed E-state index contributed by atoms with van der Waals surface area (Å²) >= 11 is 1.41. The standard InChI is InChI=1S/C18H22N2O2S/c1-11-6-14-8-15(7-12(2)16(14)19-9-11)22-18(23-3)17(21)20-10-13-4-5-13/h6-9,13,18H,4-5,10H2,1-3H3,(H,20,21). The van der Waals surface area contributed by atoms with Crippen molar-refractivity contribution in [2.24, 2.45) is 5.92 Å². The molecule has 122 valence electrons. The van der Waals surface area contributed by atoms with Crippen molar-refractivity contribution in [2.75, 3.05) is 12.8 Å². The molecule has 0 spiro atoms. The van der Waals surface area contributed by atoms with Crippen LogP contribution in [0.5, 0.6) is 5.75 Å². The summed E-state index contributed by atoms with van der Waals surface area (Å²) in [6, 6.07) is 5.99. The van der Waals surface area contributed by atoms with E-state index in [9.17, 15) is 4.79 Å². The summed E-state index contributed by atoms with van der Waals surface area (Å²) in [6.07, 6.45) is 6.20. The Kier molecular flexibility index (Phi) is 4.76. The number of pyridine rings is 1. The number of carbonyl (C=O) groups is 1. The predicted octanol–water partition coefficient (Wildman–Crippen LogP) is 3.45. The molecule has 1 unspecified atom stereocenters. The molecule has 3 rings (SSSR count). The Morgan fingerprint density at radius 3 is 2.87 bits per heavy atom. The number of nitrogens with one attached hydrogen (secondary N) is 1. The zero-order chi connectivity index (χ0) is 16.4. The van der Waals surface area contributed by atoms with Crippen molar-refractivity contribution < 1.29 is 9.53 Å². The molecule has 0 saturated heterocycles. The monoisotopic (exact) mass is 330 g/mol. The van der Waals surface area contributed by atoms with Gasteiger partial charge in [-0.15, -0.1) is 11.8 Å². The van der Waals surface area contributed by atoms with E-state index >= 15 is 0 Å². The first-order valence-electron chi connectivity index (χ1n) is 7.91. The lowest BCUT2D eigenvalue weighted by molar-refractivity contribution is -0.124. The highest BCUT2D eigenvalue weighted by Crippen LogP contribution is 2.28. The van der Waals surface area contributed by atoms with Crippen LogP contribution in [0, 0.1) is 19.8 Å². The van der Waals surface area contributed by atoms with Gasteiger partial charge in [0.1, 0.15) is 5.75 Å². The molecule has 4 nitrogen and oxygen atoms in total. The molecular formula is C18H22N2O2S. The summed E-state index contributed by atoms with van der Waals surface area (Å²) in [5, 5.41) is 4.02. The number of hydrogen-bond acceptors (Lipinski definition) is 4. The largest absolute Gasteiger partial charge is 0.470 e. The van der Waals surface area contributed by atoms with E-state index in [2.05, 4.69) is 16.4 Å². The van der Waals surface area contributed by atoms with Gasteiger partial charge in [0.2, 0.25) is 5.44 Å². The quantitative estimate of drug-likeness (QED) is 0.824. The number of ether oxygens (including phenoxy) is 1. The summed E-state index contributed by atoms with van der Waals surface area (Å²) in [7, 11) is 0. The van der Waals surface area contributed by atoms with Crippen molar-refractivity contribution in [3.05, 3.63) is 35.5 Å². The first-order chi connectivity index (χ1) is 11.1. The highest BCUT2D eigenvalue weighted by atomic mass is 32.2. The number of thioether (sulfide) groups is 1. The number of amides is 1. The predicted molar refractivity (Wildman–Crippen MR) is 94.9 cm³/mol. The van der Waals surface area contributed by atoms with Gasteiger partial charge in [0.05, 0.1) is 5.52 Å². The van der Waals surface area contributed by atoms with Gasteiger partial charge in [-0.05, 0) is 68.2 Å². The minimum Gasteiger partial charge on any atom is -0.470 e. The summed E-state index contributed by atoms with van der Waals surface area (Å²) in [4.78, 5) is 16.7. The van der Waals surface area contributed by atoms with Crippen LogP contribution in [-0.2, 0) is 4.79 Å². The molecular weight excluding hydrogens is 308 g/mol. The van der Waals surface area contributed by atoms with Gasteiger partial charge in [0.25, 0.3) is 5.91 Å². The van der Waals surface area contributed by atoms with E-state index < -0.39 is 5.44 Å². The number of benzene rings is 1. The van der Waals surface area contributed by atoms with Crippen LogP contribution in [0.2, 0.25) is 0 Å². The summed E-state index contributed by atoms with van der Waals surface area (Å²) in [5.41, 5.74) is 2.61. The van der Waals surface area contributed by atoms with Gasteiger partial charge < -0.3 is 10.1 Å². The van der Waals surface area contributed by atoms with Crippen LogP contribution in [-0.4, -0.2) is 29.1 Å². The molecule has 1 aromatic heterocycles. The Hall–Kier alpha value is -1.75. The molecule has 1 N–H and O–H groups in total. The van der Waals surface area contributed by atoms with Crippen LogP contribution in [0.3, 0.4) is 0 Å². The maximum absolute atomic E-state index is 12.2. The molecule has 1 saturated carbocycles. The van der Waals surface area contributed by atoms with E-state index in [1.165, 1.54) is 24.6 Å². The normalized spacial score (nSPS) is 15.4. The zero-order valence-corrected chi connectivity index (χ0v) is 14.6. The van der Waals surface area contributed by atoms with Crippen molar-refractivity contribution >= 4 is 28.6 Å². The molecule has 1 aromatic carbocycles. The van der Waals surface area contributed by atoms with Crippen molar-refractivity contribution in [1.82, 2.24) is 10.3 Å². The number of carbonyl (C=O) groups excluding carboxylic acids is 1. The number of rotatable bonds is 6. The lowest BCUT2D eigenvalue weighted by atomic mass is 10.1. The van der Waals surface area contributed by atoms with Crippen LogP contribution >= 0.6 is 11.8 Å². The van der Waals surface area contributed by atoms with E-state index in [1.54, 1.807) is 0 Å². The molecule has 1 aliphatic rings. The van der Waals surface area contributed by atoms with Gasteiger partial charge in [0, 0.05) is 18.1 Å². The first-order valence-corrected chi connectivity index (χ1v) is 9.20. The maximum Gasteiger partial charge on any atom is 0.271 e. The molecule has 0 aliphatic heterocycles. The van der Waals surface area contributed by atoms with E-state index in [0.29, 0.717) is 11.7 Å². The molecule has 1 fully saturated rings. The van der Waals surface area contributed by atoms with Gasteiger partial charge in [-0.2, -0.15) is 0 Å². The first kappa shape index (κ1) is 16.1. The fourth-order valence-electron chi connectivity index (χ4n) is 2.56. The number of fused-ring (bicyclic) bond motifs is 1. The topological polar surface area (TPSA) is 51.2 Å². The van der Waals surface area contributed by atoms with E-state index in [-0.39, 0.29) is 5.91 Å². The molecule has 23 heavy (non-hydrogen) atoms. The fraction of sp³-hybridized carbons (Fsp3) is 0.444. The van der Waals surface area contributed by atoms with Gasteiger partial charge >= 0.3 is 0 Å². The number of nitrogens with zero attached hydrogens (tertiary/aromatic N) is 1. The van der Waals surface area contributed by atoms with Gasteiger partial charge in [-0.1, -0.05) is 0 Å². The maximum atomic E-state index is 12.2. The van der Waals surface area contributed by atoms with E-state index in [1.807, 2.05) is 38.4 Å². The van der Waals surface area contributed by atoms with Crippen molar-refractivity contribution in [3.8, 4) is 5.75 Å². The molecule has 1 atom stereocenters. The second-order valence-electron chi connectivity index (χ2n) is 6.20. The molecule has 5 heteroatoms. The average molecular weight is 330 g/mol. The molecule has 2 aromatic rings. The summed E-state index contributed by atoms with van der Waals surface area (Å²) < 4.78 is 5.93. The second kappa shape index (κ2) is 6.79. The highest BCUT2D eigenvalue weighted by molar-refractivity contribution is 7.99. The van der Waals surface area contributed by atoms with Crippen LogP contribution in [0.1, 0.15) is 24.0 Å². The Bertz CT molecular complexity index is 728. The highest BCUT2D eigenvalue weighted by Gasteiger charge is 2.25. The smallest absolute Gasteiger partial charge is 0.271 e. The summed E-state index contributed by atoms with van der Waals surface area (Å²) in [6.45, 7) is 4.79. The number of hydrogen-bond donors (Lipinski definition) is 1. The third-order valence-corrected chi connectivity index (χ3v) is 4.76. The van der Waals surface area contributed by atoms with Gasteiger partial charge in [0.15, 0.2) is 0 Å². The third-order valence-electron chi connectivity index (χ3n) is 4.02. The van der Waals surface area contributed by atoms with E-state index in [0.717, 1.165) is 28.6 Å². The van der Waals surface area contributed by atoms with Gasteiger partial charge in [-0.25, -0.2) is 0 Å². The lowest BCUT2D eigenvalue weighted by Crippen LogP contribution is -2.37. The van der Waals surface area contributed by atoms with Gasteiger partial charge in [-0.3, -0.25) is 9.78 Å². The average Bonchev–Trinajstić information content (AvgIpc) is 3.34. The van der Waals surface area contributed by atoms with Crippen molar-refractivity contribution in [2.45, 2.75) is 32.1 Å². The minimum absolute atomic E-state index is 0.0514. The molecule has 1 aliphatic carbocycles. The molecule has 1 heterocycles. The fourth-order valence-corrected chi connectivity index (χ4v) is 3.06. The number of aryl methyl sites for hydroxylation is 2. The Labute approximate surface area is 141 Å². The van der Waals surface area contributed by atoms with Crippen LogP contribution in [0.25, 0.3) is 10.9 Å². The van der Waals surface area contributed by atoms with Crippen LogP contribution in [0.4, 0.5) is 0 Å². The van der Waals surface area contributed by atoms with Crippen LogP contribution in [0.15, 0.2) is 24.4 Å². The van der Waals surface area contributed by atoms with E-state index in [4.69, 9.17) is 4.74 Å². The van der Waals surface area contributed by atoms with Crippen molar-refractivity contribution in [3.63, 3.8) is 0 Å². The zero-order valence-electron chi connectivity index (χ0n) is 13.8. The van der Waals surface area contributed by atoms with Crippen molar-refractivity contribution in [1.29, 1.82) is 0 Å². The third kappa shape index (κ3) is 3.96. The summed E-state index contributed by atoms with van der Waals surface area (Å²) in [5.74, 6) is 1.33. The Morgan fingerprint density at radius 2 is 2.17 bits per heavy atom. The Morgan fingerprint density at radius 1 is 1.39 bits per heavy atom. The number of aromatic nitrogens is 1. The molecule has 1 amide bonds.